The van der Waals surface area contributed by atoms with Crippen molar-refractivity contribution in [2.75, 3.05) is 33.2 Å². The highest BCUT2D eigenvalue weighted by Gasteiger charge is 2.51. The van der Waals surface area contributed by atoms with Crippen molar-refractivity contribution in [3.63, 3.8) is 0 Å². The molecule has 1 heterocycles. The van der Waals surface area contributed by atoms with Gasteiger partial charge in [-0.2, -0.15) is 0 Å². The average molecular weight is 457 g/mol. The lowest BCUT2D eigenvalue weighted by Crippen LogP contribution is -2.19. The predicted octanol–water partition coefficient (Wildman–Crippen LogP) is 4.10. The van der Waals surface area contributed by atoms with Crippen LogP contribution in [0.3, 0.4) is 0 Å². The van der Waals surface area contributed by atoms with E-state index in [9.17, 15) is 4.21 Å². The molecule has 0 amide bonds. The second-order valence-corrected chi connectivity index (χ2v) is 9.06. The van der Waals surface area contributed by atoms with Crippen LogP contribution < -0.4 is 23.7 Å². The van der Waals surface area contributed by atoms with Crippen LogP contribution in [0.15, 0.2) is 39.8 Å². The summed E-state index contributed by atoms with van der Waals surface area (Å²) in [6.45, 7) is 0. The molecule has 32 heavy (non-hydrogen) atoms. The van der Waals surface area contributed by atoms with E-state index in [-0.39, 0.29) is 5.41 Å². The van der Waals surface area contributed by atoms with Crippen LogP contribution in [0.4, 0.5) is 5.82 Å². The standard InChI is InChI=1S/C23H24N2O6S/c1-27-16-6-5-7-17(28-2)21(16)32(26)25-22-14-12-23(8-9-23)15-11-19(30-4)18(29-3)10-13(15)20(14)31-24-22/h5-7,10-11H,8-9,12H2,1-4H3,(H,24,25). The van der Waals surface area contributed by atoms with E-state index in [2.05, 4.69) is 9.88 Å². The number of fused-ring (bicyclic) bond motifs is 4. The van der Waals surface area contributed by atoms with Gasteiger partial charge in [0.15, 0.2) is 34.1 Å². The number of rotatable bonds is 7. The monoisotopic (exact) mass is 456 g/mol. The molecular weight excluding hydrogens is 432 g/mol. The van der Waals surface area contributed by atoms with Crippen LogP contribution in [0, 0.1) is 0 Å². The van der Waals surface area contributed by atoms with E-state index in [4.69, 9.17) is 23.5 Å². The molecule has 5 rings (SSSR count). The molecule has 3 aromatic rings. The fourth-order valence-corrected chi connectivity index (χ4v) is 5.55. The zero-order valence-corrected chi connectivity index (χ0v) is 19.1. The Balaban J connectivity index is 1.56. The Morgan fingerprint density at radius 1 is 0.969 bits per heavy atom. The number of ether oxygens (including phenoxy) is 4. The van der Waals surface area contributed by atoms with Crippen LogP contribution in [0.25, 0.3) is 11.3 Å². The Labute approximate surface area is 188 Å². The smallest absolute Gasteiger partial charge is 0.185 e. The minimum Gasteiger partial charge on any atom is -0.495 e. The third-order valence-electron chi connectivity index (χ3n) is 6.25. The van der Waals surface area contributed by atoms with E-state index in [1.807, 2.05) is 12.1 Å². The number of hydrogen-bond donors (Lipinski definition) is 1. The molecular formula is C23H24N2O6S. The fraction of sp³-hybridized carbons (Fsp3) is 0.348. The molecule has 2 aliphatic rings. The molecule has 1 fully saturated rings. The maximum Gasteiger partial charge on any atom is 0.185 e. The molecule has 8 nitrogen and oxygen atoms in total. The highest BCUT2D eigenvalue weighted by atomic mass is 32.2. The van der Waals surface area contributed by atoms with Crippen molar-refractivity contribution in [3.8, 4) is 34.3 Å². The van der Waals surface area contributed by atoms with E-state index < -0.39 is 11.0 Å². The molecule has 0 radical (unpaired) electrons. The first kappa shape index (κ1) is 20.7. The molecule has 1 spiro atoms. The predicted molar refractivity (Wildman–Crippen MR) is 119 cm³/mol. The molecule has 0 bridgehead atoms. The SMILES string of the molecule is COc1cc2c(cc1OC)C1(CC1)Cc1c(NS(=O)c3c(OC)cccc3OC)noc1-2. The summed E-state index contributed by atoms with van der Waals surface area (Å²) in [4.78, 5) is 0.415. The number of aromatic nitrogens is 1. The fourth-order valence-electron chi connectivity index (χ4n) is 4.44. The van der Waals surface area contributed by atoms with Crippen LogP contribution in [0.5, 0.6) is 23.0 Å². The van der Waals surface area contributed by atoms with Gasteiger partial charge >= 0.3 is 0 Å². The van der Waals surface area contributed by atoms with Crippen molar-refractivity contribution in [2.24, 2.45) is 0 Å². The van der Waals surface area contributed by atoms with Gasteiger partial charge in [0.25, 0.3) is 0 Å². The van der Waals surface area contributed by atoms with Gasteiger partial charge in [-0.1, -0.05) is 11.2 Å². The summed E-state index contributed by atoms with van der Waals surface area (Å²) in [5.74, 6) is 3.37. The number of nitrogens with one attached hydrogen (secondary N) is 1. The minimum atomic E-state index is -1.67. The Bertz CT molecular complexity index is 1200. The second-order valence-electron chi connectivity index (χ2n) is 7.91. The maximum atomic E-state index is 13.3. The lowest BCUT2D eigenvalue weighted by Gasteiger charge is -2.26. The number of anilines is 1. The van der Waals surface area contributed by atoms with Crippen molar-refractivity contribution >= 4 is 16.8 Å². The van der Waals surface area contributed by atoms with Crippen LogP contribution in [-0.2, 0) is 22.8 Å². The molecule has 1 atom stereocenters. The van der Waals surface area contributed by atoms with Crippen molar-refractivity contribution in [1.82, 2.24) is 5.16 Å². The topological polar surface area (TPSA) is 92.1 Å². The van der Waals surface area contributed by atoms with Crippen LogP contribution in [-0.4, -0.2) is 37.8 Å². The van der Waals surface area contributed by atoms with Crippen molar-refractivity contribution in [3.05, 3.63) is 41.5 Å². The number of hydrogen-bond acceptors (Lipinski definition) is 7. The van der Waals surface area contributed by atoms with Gasteiger partial charge in [-0.3, -0.25) is 4.72 Å². The first-order chi connectivity index (χ1) is 15.5. The van der Waals surface area contributed by atoms with Gasteiger partial charge in [-0.15, -0.1) is 0 Å². The summed E-state index contributed by atoms with van der Waals surface area (Å²) >= 11 is 0. The van der Waals surface area contributed by atoms with Gasteiger partial charge in [-0.25, -0.2) is 4.21 Å². The molecule has 0 aliphatic heterocycles. The average Bonchev–Trinajstić information content (AvgIpc) is 3.49. The van der Waals surface area contributed by atoms with Crippen LogP contribution in [0.1, 0.15) is 24.0 Å². The third kappa shape index (κ3) is 3.10. The number of nitrogens with zero attached hydrogens (tertiary/aromatic N) is 1. The molecule has 0 saturated heterocycles. The van der Waals surface area contributed by atoms with Gasteiger partial charge < -0.3 is 23.5 Å². The zero-order valence-electron chi connectivity index (χ0n) is 18.3. The van der Waals surface area contributed by atoms with Crippen LogP contribution in [0.2, 0.25) is 0 Å². The first-order valence-corrected chi connectivity index (χ1v) is 11.3. The molecule has 9 heteroatoms. The normalized spacial score (nSPS) is 16.0. The molecule has 1 aromatic heterocycles. The van der Waals surface area contributed by atoms with Crippen molar-refractivity contribution in [2.45, 2.75) is 29.6 Å². The highest BCUT2D eigenvalue weighted by molar-refractivity contribution is 7.86. The van der Waals surface area contributed by atoms with E-state index in [0.29, 0.717) is 39.5 Å². The van der Waals surface area contributed by atoms with Gasteiger partial charge in [-0.05, 0) is 49.1 Å². The van der Waals surface area contributed by atoms with E-state index >= 15 is 0 Å². The lowest BCUT2D eigenvalue weighted by atomic mass is 9.79. The van der Waals surface area contributed by atoms with E-state index in [0.717, 1.165) is 30.4 Å². The Morgan fingerprint density at radius 2 is 1.59 bits per heavy atom. The van der Waals surface area contributed by atoms with E-state index in [1.54, 1.807) is 32.4 Å². The van der Waals surface area contributed by atoms with Gasteiger partial charge in [0.05, 0.1) is 28.4 Å². The Kier molecular flexibility index (Phi) is 5.00. The largest absolute Gasteiger partial charge is 0.495 e. The highest BCUT2D eigenvalue weighted by Crippen LogP contribution is 2.59. The van der Waals surface area contributed by atoms with Gasteiger partial charge in [0.1, 0.15) is 16.4 Å². The Hall–Kier alpha value is -3.20. The summed E-state index contributed by atoms with van der Waals surface area (Å²) in [6, 6.07) is 9.24. The minimum absolute atomic E-state index is 0.00743. The lowest BCUT2D eigenvalue weighted by molar-refractivity contribution is 0.353. The molecule has 1 unspecified atom stereocenters. The third-order valence-corrected chi connectivity index (χ3v) is 7.41. The van der Waals surface area contributed by atoms with Crippen molar-refractivity contribution < 1.29 is 27.7 Å². The Morgan fingerprint density at radius 3 is 2.19 bits per heavy atom. The zero-order chi connectivity index (χ0) is 22.5. The van der Waals surface area contributed by atoms with Gasteiger partial charge in [0.2, 0.25) is 0 Å². The molecule has 1 saturated carbocycles. The molecule has 2 aromatic carbocycles. The molecule has 1 N–H and O–H groups in total. The first-order valence-electron chi connectivity index (χ1n) is 10.2. The summed E-state index contributed by atoms with van der Waals surface area (Å²) < 4.78 is 43.9. The van der Waals surface area contributed by atoms with Crippen molar-refractivity contribution in [1.29, 1.82) is 0 Å². The summed E-state index contributed by atoms with van der Waals surface area (Å²) in [6.07, 6.45) is 2.86. The second kappa shape index (κ2) is 7.74. The summed E-state index contributed by atoms with van der Waals surface area (Å²) in [5.41, 5.74) is 3.03. The van der Waals surface area contributed by atoms with Crippen LogP contribution >= 0.6 is 0 Å². The number of benzene rings is 2. The van der Waals surface area contributed by atoms with Gasteiger partial charge in [0, 0.05) is 16.5 Å². The quantitative estimate of drug-likeness (QED) is 0.572. The maximum absolute atomic E-state index is 13.3. The summed E-state index contributed by atoms with van der Waals surface area (Å²) in [5, 5.41) is 4.23. The molecule has 2 aliphatic carbocycles. The summed E-state index contributed by atoms with van der Waals surface area (Å²) in [7, 11) is 4.63. The number of methoxy groups -OCH3 is 4. The van der Waals surface area contributed by atoms with E-state index in [1.165, 1.54) is 19.8 Å². The molecule has 168 valence electrons.